The second-order valence-corrected chi connectivity index (χ2v) is 10.3. The molecule has 0 saturated heterocycles. The smallest absolute Gasteiger partial charge is 0.405 e. The first kappa shape index (κ1) is 31.3. The van der Waals surface area contributed by atoms with Crippen LogP contribution in [0.4, 0.5) is 18.0 Å². The molecule has 1 heterocycles. The number of ether oxygens (including phenoxy) is 1. The predicted molar refractivity (Wildman–Crippen MR) is 156 cm³/mol. The number of alkyl halides is 3. The highest BCUT2D eigenvalue weighted by atomic mass is 19.4. The summed E-state index contributed by atoms with van der Waals surface area (Å²) in [4.78, 5) is 39.9. The zero-order valence-corrected chi connectivity index (χ0v) is 23.8. The Kier molecular flexibility index (Phi) is 10.6. The fourth-order valence-electron chi connectivity index (χ4n) is 4.88. The average molecular weight is 594 g/mol. The third kappa shape index (κ3) is 8.94. The van der Waals surface area contributed by atoms with Crippen molar-refractivity contribution in [1.82, 2.24) is 15.5 Å². The highest BCUT2D eigenvalue weighted by Crippen LogP contribution is 2.33. The second-order valence-electron chi connectivity index (χ2n) is 10.3. The minimum absolute atomic E-state index is 0.0464. The Morgan fingerprint density at radius 1 is 0.884 bits per heavy atom. The number of hydrogen-bond donors (Lipinski definition) is 2. The van der Waals surface area contributed by atoms with Crippen molar-refractivity contribution in [3.63, 3.8) is 0 Å². The summed E-state index contributed by atoms with van der Waals surface area (Å²) < 4.78 is 42.6. The van der Waals surface area contributed by atoms with E-state index < -0.39 is 30.6 Å². The standard InChI is InChI=1S/C33H34F3N3O4/c1-23-29(31(41)43-21-24-11-5-2-6-12-24)30(27-18-16-26(17-19-27)25-13-7-3-8-14-25)38-32(42)39(23)20-10-4-9-15-28(40)37-22-33(34,35)36/h2-3,5-8,11-14,16-19,30H,4,9-10,15,20-22H2,1H3,(H,37,40)(H,38,42). The number of carbonyl (C=O) groups excluding carboxylic acids is 3. The average Bonchev–Trinajstić information content (AvgIpc) is 3.00. The second kappa shape index (κ2) is 14.5. The Morgan fingerprint density at radius 3 is 2.16 bits per heavy atom. The number of benzene rings is 3. The van der Waals surface area contributed by atoms with Crippen LogP contribution in [0.1, 0.15) is 49.8 Å². The highest BCUT2D eigenvalue weighted by Gasteiger charge is 2.36. The SMILES string of the molecule is CC1=C(C(=O)OCc2ccccc2)C(c2ccc(-c3ccccc3)cc2)NC(=O)N1CCCCCC(=O)NCC(F)(F)F. The molecule has 0 radical (unpaired) electrons. The van der Waals surface area contributed by atoms with Gasteiger partial charge in [0.25, 0.3) is 0 Å². The maximum Gasteiger partial charge on any atom is 0.405 e. The quantitative estimate of drug-likeness (QED) is 0.181. The van der Waals surface area contributed by atoms with Crippen molar-refractivity contribution in [2.75, 3.05) is 13.1 Å². The normalized spacial score (nSPS) is 15.2. The molecule has 0 spiro atoms. The fraction of sp³-hybridized carbons (Fsp3) is 0.303. The summed E-state index contributed by atoms with van der Waals surface area (Å²) in [6.07, 6.45) is -3.14. The first-order valence-electron chi connectivity index (χ1n) is 14.1. The Morgan fingerprint density at radius 2 is 1.51 bits per heavy atom. The van der Waals surface area contributed by atoms with Crippen molar-refractivity contribution < 1.29 is 32.3 Å². The van der Waals surface area contributed by atoms with Crippen LogP contribution >= 0.6 is 0 Å². The fourth-order valence-corrected chi connectivity index (χ4v) is 4.88. The zero-order valence-electron chi connectivity index (χ0n) is 23.8. The van der Waals surface area contributed by atoms with Crippen molar-refractivity contribution >= 4 is 17.9 Å². The Hall–Kier alpha value is -4.60. The molecule has 7 nitrogen and oxygen atoms in total. The van der Waals surface area contributed by atoms with Crippen LogP contribution in [0.5, 0.6) is 0 Å². The number of rotatable bonds is 12. The summed E-state index contributed by atoms with van der Waals surface area (Å²) >= 11 is 0. The molecule has 0 bridgehead atoms. The van der Waals surface area contributed by atoms with Crippen LogP contribution in [0.3, 0.4) is 0 Å². The number of hydrogen-bond acceptors (Lipinski definition) is 4. The molecule has 2 N–H and O–H groups in total. The van der Waals surface area contributed by atoms with Gasteiger partial charge >= 0.3 is 18.2 Å². The molecule has 1 aliphatic heterocycles. The molecule has 1 unspecified atom stereocenters. The maximum absolute atomic E-state index is 13.5. The molecule has 3 aromatic rings. The number of carbonyl (C=O) groups is 3. The summed E-state index contributed by atoms with van der Waals surface area (Å²) in [6, 6.07) is 25.7. The van der Waals surface area contributed by atoms with Gasteiger partial charge in [0.15, 0.2) is 0 Å². The predicted octanol–water partition coefficient (Wildman–Crippen LogP) is 6.68. The van der Waals surface area contributed by atoms with Crippen molar-refractivity contribution in [3.8, 4) is 11.1 Å². The third-order valence-corrected chi connectivity index (χ3v) is 7.15. The lowest BCUT2D eigenvalue weighted by molar-refractivity contribution is -0.141. The first-order chi connectivity index (χ1) is 20.6. The molecule has 0 aliphatic carbocycles. The monoisotopic (exact) mass is 593 g/mol. The molecule has 1 atom stereocenters. The lowest BCUT2D eigenvalue weighted by Crippen LogP contribution is -2.48. The molecule has 0 aromatic heterocycles. The van der Waals surface area contributed by atoms with Crippen molar-refractivity contribution in [2.24, 2.45) is 0 Å². The van der Waals surface area contributed by atoms with Gasteiger partial charge in [0, 0.05) is 18.7 Å². The first-order valence-corrected chi connectivity index (χ1v) is 14.1. The van der Waals surface area contributed by atoms with Gasteiger partial charge < -0.3 is 15.4 Å². The van der Waals surface area contributed by atoms with Gasteiger partial charge in [0.2, 0.25) is 5.91 Å². The molecule has 3 amide bonds. The number of amides is 3. The van der Waals surface area contributed by atoms with Crippen LogP contribution in [-0.4, -0.2) is 42.1 Å². The van der Waals surface area contributed by atoms with Crippen molar-refractivity contribution in [2.45, 2.75) is 51.4 Å². The van der Waals surface area contributed by atoms with Gasteiger partial charge in [0.1, 0.15) is 13.2 Å². The molecular formula is C33H34F3N3O4. The number of allylic oxidation sites excluding steroid dienone is 1. The van der Waals surface area contributed by atoms with Gasteiger partial charge in [-0.2, -0.15) is 13.2 Å². The van der Waals surface area contributed by atoms with Crippen LogP contribution in [0.2, 0.25) is 0 Å². The number of halogens is 3. The molecular weight excluding hydrogens is 559 g/mol. The molecule has 3 aromatic carbocycles. The Labute approximate surface area is 248 Å². The van der Waals surface area contributed by atoms with E-state index in [1.54, 1.807) is 6.92 Å². The van der Waals surface area contributed by atoms with E-state index in [9.17, 15) is 27.6 Å². The number of nitrogens with one attached hydrogen (secondary N) is 2. The molecule has 0 saturated carbocycles. The number of urea groups is 1. The van der Waals surface area contributed by atoms with Gasteiger partial charge in [-0.15, -0.1) is 0 Å². The summed E-state index contributed by atoms with van der Waals surface area (Å²) in [7, 11) is 0. The van der Waals surface area contributed by atoms with Crippen LogP contribution in [-0.2, 0) is 20.9 Å². The van der Waals surface area contributed by atoms with Crippen LogP contribution in [0.25, 0.3) is 11.1 Å². The topological polar surface area (TPSA) is 87.7 Å². The van der Waals surface area contributed by atoms with E-state index in [1.165, 1.54) is 4.90 Å². The van der Waals surface area contributed by atoms with E-state index in [1.807, 2.05) is 90.2 Å². The van der Waals surface area contributed by atoms with Gasteiger partial charge in [-0.1, -0.05) is 91.3 Å². The van der Waals surface area contributed by atoms with Gasteiger partial charge in [-0.25, -0.2) is 9.59 Å². The van der Waals surface area contributed by atoms with Crippen LogP contribution in [0, 0.1) is 0 Å². The summed E-state index contributed by atoms with van der Waals surface area (Å²) in [5, 5.41) is 4.80. The van der Waals surface area contributed by atoms with E-state index in [4.69, 9.17) is 4.74 Å². The van der Waals surface area contributed by atoms with Crippen molar-refractivity contribution in [3.05, 3.63) is 107 Å². The largest absolute Gasteiger partial charge is 0.457 e. The van der Waals surface area contributed by atoms with Gasteiger partial charge in [-0.3, -0.25) is 9.69 Å². The van der Waals surface area contributed by atoms with Gasteiger partial charge in [-0.05, 0) is 42.0 Å². The summed E-state index contributed by atoms with van der Waals surface area (Å²) in [5.41, 5.74) is 4.36. The number of nitrogens with zero attached hydrogens (tertiary/aromatic N) is 1. The Bertz CT molecular complexity index is 1430. The molecule has 43 heavy (non-hydrogen) atoms. The summed E-state index contributed by atoms with van der Waals surface area (Å²) in [5.74, 6) is -1.22. The van der Waals surface area contributed by atoms with E-state index in [0.717, 1.165) is 22.3 Å². The summed E-state index contributed by atoms with van der Waals surface area (Å²) in [6.45, 7) is 0.675. The maximum atomic E-state index is 13.5. The minimum atomic E-state index is -4.46. The zero-order chi connectivity index (χ0) is 30.8. The number of esters is 1. The lowest BCUT2D eigenvalue weighted by Gasteiger charge is -2.35. The Balaban J connectivity index is 1.47. The van der Waals surface area contributed by atoms with E-state index >= 15 is 0 Å². The molecule has 1 aliphatic rings. The van der Waals surface area contributed by atoms with E-state index in [-0.39, 0.29) is 25.6 Å². The number of unbranched alkanes of at least 4 members (excludes halogenated alkanes) is 2. The van der Waals surface area contributed by atoms with Gasteiger partial charge in [0.05, 0.1) is 11.6 Å². The highest BCUT2D eigenvalue weighted by molar-refractivity contribution is 5.95. The molecule has 10 heteroatoms. The van der Waals surface area contributed by atoms with Crippen molar-refractivity contribution in [1.29, 1.82) is 0 Å². The minimum Gasteiger partial charge on any atom is -0.457 e. The lowest BCUT2D eigenvalue weighted by atomic mass is 9.93. The van der Waals surface area contributed by atoms with Crippen LogP contribution < -0.4 is 10.6 Å². The molecule has 226 valence electrons. The molecule has 0 fully saturated rings. The third-order valence-electron chi connectivity index (χ3n) is 7.15. The van der Waals surface area contributed by atoms with E-state index in [0.29, 0.717) is 30.5 Å². The van der Waals surface area contributed by atoms with Crippen LogP contribution in [0.15, 0.2) is 96.2 Å². The van der Waals surface area contributed by atoms with E-state index in [2.05, 4.69) is 5.32 Å². The molecule has 4 rings (SSSR count).